The summed E-state index contributed by atoms with van der Waals surface area (Å²) in [4.78, 5) is 13.3. The number of benzene rings is 1. The molecular weight excluding hydrogens is 247 g/mol. The fraction of sp³-hybridized carbons (Fsp3) is 0.231. The van der Waals surface area contributed by atoms with Gasteiger partial charge in [-0.15, -0.1) is 0 Å². The van der Waals surface area contributed by atoms with E-state index in [0.717, 1.165) is 0 Å². The Morgan fingerprint density at radius 1 is 1.42 bits per heavy atom. The van der Waals surface area contributed by atoms with E-state index in [2.05, 4.69) is 10.2 Å². The van der Waals surface area contributed by atoms with Crippen molar-refractivity contribution in [3.8, 4) is 11.3 Å². The number of hydrogen-bond acceptors (Lipinski definition) is 3. The smallest absolute Gasteiger partial charge is 0.229 e. The summed E-state index contributed by atoms with van der Waals surface area (Å²) in [5.74, 6) is 0.176. The predicted octanol–water partition coefficient (Wildman–Crippen LogP) is 1.28. The maximum Gasteiger partial charge on any atom is 0.229 e. The summed E-state index contributed by atoms with van der Waals surface area (Å²) in [6.07, 6.45) is 0.335. The summed E-state index contributed by atoms with van der Waals surface area (Å²) in [7, 11) is 0. The SMILES string of the molecule is NC1CC(=O)N(c2cc(-c3cccc(F)c3)[nH]n2)C1. The molecule has 1 unspecified atom stereocenters. The fourth-order valence-corrected chi connectivity index (χ4v) is 2.21. The van der Waals surface area contributed by atoms with E-state index in [4.69, 9.17) is 5.73 Å². The van der Waals surface area contributed by atoms with E-state index in [1.54, 1.807) is 23.1 Å². The number of carbonyl (C=O) groups is 1. The standard InChI is InChI=1S/C13H13FN4O/c14-9-3-1-2-8(4-9)11-6-12(17-16-11)18-7-10(15)5-13(18)19/h1-4,6,10H,5,7,15H2,(H,16,17). The number of hydrogen-bond donors (Lipinski definition) is 2. The van der Waals surface area contributed by atoms with Crippen LogP contribution in [0.15, 0.2) is 30.3 Å². The Morgan fingerprint density at radius 3 is 2.95 bits per heavy atom. The molecule has 1 saturated heterocycles. The Balaban J connectivity index is 1.90. The number of anilines is 1. The minimum atomic E-state index is -0.312. The largest absolute Gasteiger partial charge is 0.326 e. The van der Waals surface area contributed by atoms with Crippen LogP contribution in [-0.2, 0) is 4.79 Å². The zero-order valence-corrected chi connectivity index (χ0v) is 10.1. The molecular formula is C13H13FN4O. The molecule has 0 radical (unpaired) electrons. The van der Waals surface area contributed by atoms with Crippen LogP contribution < -0.4 is 10.6 Å². The van der Waals surface area contributed by atoms with Gasteiger partial charge in [0.1, 0.15) is 5.82 Å². The first-order valence-corrected chi connectivity index (χ1v) is 6.01. The van der Waals surface area contributed by atoms with Gasteiger partial charge in [0.25, 0.3) is 0 Å². The molecule has 5 nitrogen and oxygen atoms in total. The van der Waals surface area contributed by atoms with Gasteiger partial charge in [-0.25, -0.2) is 4.39 Å². The lowest BCUT2D eigenvalue weighted by Gasteiger charge is -2.11. The monoisotopic (exact) mass is 260 g/mol. The zero-order valence-electron chi connectivity index (χ0n) is 10.1. The Morgan fingerprint density at radius 2 is 2.26 bits per heavy atom. The quantitative estimate of drug-likeness (QED) is 0.854. The molecule has 1 amide bonds. The molecule has 0 saturated carbocycles. The van der Waals surface area contributed by atoms with E-state index in [0.29, 0.717) is 30.0 Å². The summed E-state index contributed by atoms with van der Waals surface area (Å²) in [6.45, 7) is 0.465. The number of aromatic nitrogens is 2. The summed E-state index contributed by atoms with van der Waals surface area (Å²) in [6, 6.07) is 7.77. The van der Waals surface area contributed by atoms with Gasteiger partial charge in [0.15, 0.2) is 5.82 Å². The minimum Gasteiger partial charge on any atom is -0.326 e. The Bertz CT molecular complexity index is 625. The molecule has 1 aliphatic heterocycles. The lowest BCUT2D eigenvalue weighted by Crippen LogP contribution is -2.28. The van der Waals surface area contributed by atoms with Crippen molar-refractivity contribution in [2.24, 2.45) is 5.73 Å². The van der Waals surface area contributed by atoms with Crippen molar-refractivity contribution in [3.63, 3.8) is 0 Å². The number of nitrogens with zero attached hydrogens (tertiary/aromatic N) is 2. The van der Waals surface area contributed by atoms with Gasteiger partial charge < -0.3 is 5.73 Å². The van der Waals surface area contributed by atoms with Crippen LogP contribution in [0.3, 0.4) is 0 Å². The van der Waals surface area contributed by atoms with Crippen LogP contribution in [0.5, 0.6) is 0 Å². The third-order valence-electron chi connectivity index (χ3n) is 3.13. The van der Waals surface area contributed by atoms with Crippen molar-refractivity contribution < 1.29 is 9.18 Å². The van der Waals surface area contributed by atoms with Crippen molar-refractivity contribution >= 4 is 11.7 Å². The van der Waals surface area contributed by atoms with Crippen molar-refractivity contribution in [2.75, 3.05) is 11.4 Å². The van der Waals surface area contributed by atoms with Crippen molar-refractivity contribution in [3.05, 3.63) is 36.1 Å². The second kappa shape index (κ2) is 4.47. The number of nitrogens with one attached hydrogen (secondary N) is 1. The van der Waals surface area contributed by atoms with Gasteiger partial charge in [0, 0.05) is 30.6 Å². The lowest BCUT2D eigenvalue weighted by atomic mass is 10.1. The predicted molar refractivity (Wildman–Crippen MR) is 68.9 cm³/mol. The van der Waals surface area contributed by atoms with Gasteiger partial charge in [-0.3, -0.25) is 14.8 Å². The van der Waals surface area contributed by atoms with Crippen LogP contribution >= 0.6 is 0 Å². The molecule has 19 heavy (non-hydrogen) atoms. The van der Waals surface area contributed by atoms with Crippen LogP contribution in [-0.4, -0.2) is 28.7 Å². The van der Waals surface area contributed by atoms with Crippen LogP contribution in [0, 0.1) is 5.82 Å². The first kappa shape index (κ1) is 11.9. The van der Waals surface area contributed by atoms with Gasteiger partial charge >= 0.3 is 0 Å². The summed E-state index contributed by atoms with van der Waals surface area (Å²) >= 11 is 0. The average Bonchev–Trinajstić information content (AvgIpc) is 2.96. The maximum absolute atomic E-state index is 13.2. The number of rotatable bonds is 2. The summed E-state index contributed by atoms with van der Waals surface area (Å²) in [5, 5.41) is 6.90. The van der Waals surface area contributed by atoms with E-state index in [1.807, 2.05) is 0 Å². The molecule has 6 heteroatoms. The first-order chi connectivity index (χ1) is 9.13. The molecule has 0 bridgehead atoms. The second-order valence-corrected chi connectivity index (χ2v) is 4.62. The van der Waals surface area contributed by atoms with E-state index >= 15 is 0 Å². The molecule has 1 aromatic carbocycles. The van der Waals surface area contributed by atoms with Crippen LogP contribution in [0.4, 0.5) is 10.2 Å². The number of nitrogens with two attached hydrogens (primary N) is 1. The molecule has 98 valence electrons. The topological polar surface area (TPSA) is 75.0 Å². The number of H-pyrrole nitrogens is 1. The Kier molecular flexibility index (Phi) is 2.79. The van der Waals surface area contributed by atoms with Crippen molar-refractivity contribution in [2.45, 2.75) is 12.5 Å². The van der Waals surface area contributed by atoms with E-state index < -0.39 is 0 Å². The number of aromatic amines is 1. The number of halogens is 1. The molecule has 0 aliphatic carbocycles. The first-order valence-electron chi connectivity index (χ1n) is 6.01. The third kappa shape index (κ3) is 2.22. The molecule has 2 aromatic rings. The minimum absolute atomic E-state index is 0.0372. The van der Waals surface area contributed by atoms with Gasteiger partial charge in [0.05, 0.1) is 5.69 Å². The normalized spacial score (nSPS) is 19.2. The van der Waals surface area contributed by atoms with Gasteiger partial charge in [-0.05, 0) is 12.1 Å². The van der Waals surface area contributed by atoms with Crippen molar-refractivity contribution in [1.82, 2.24) is 10.2 Å². The number of carbonyl (C=O) groups excluding carboxylic acids is 1. The van der Waals surface area contributed by atoms with Crippen LogP contribution in [0.1, 0.15) is 6.42 Å². The summed E-state index contributed by atoms with van der Waals surface area (Å²) in [5.41, 5.74) is 7.10. The van der Waals surface area contributed by atoms with Crippen molar-refractivity contribution in [1.29, 1.82) is 0 Å². The van der Waals surface area contributed by atoms with E-state index in [-0.39, 0.29) is 17.8 Å². The van der Waals surface area contributed by atoms with E-state index in [1.165, 1.54) is 12.1 Å². The van der Waals surface area contributed by atoms with Gasteiger partial charge in [-0.2, -0.15) is 5.10 Å². The second-order valence-electron chi connectivity index (χ2n) is 4.62. The van der Waals surface area contributed by atoms with Gasteiger partial charge in [0.2, 0.25) is 5.91 Å². The molecule has 1 aromatic heterocycles. The van der Waals surface area contributed by atoms with Crippen LogP contribution in [0.25, 0.3) is 11.3 Å². The average molecular weight is 260 g/mol. The van der Waals surface area contributed by atoms with Gasteiger partial charge in [-0.1, -0.05) is 12.1 Å². The molecule has 1 aliphatic rings. The highest BCUT2D eigenvalue weighted by Gasteiger charge is 2.29. The molecule has 1 fully saturated rings. The highest BCUT2D eigenvalue weighted by atomic mass is 19.1. The number of amides is 1. The fourth-order valence-electron chi connectivity index (χ4n) is 2.21. The van der Waals surface area contributed by atoms with Crippen LogP contribution in [0.2, 0.25) is 0 Å². The van der Waals surface area contributed by atoms with E-state index in [9.17, 15) is 9.18 Å². The maximum atomic E-state index is 13.2. The molecule has 0 spiro atoms. The molecule has 3 rings (SSSR count). The highest BCUT2D eigenvalue weighted by molar-refractivity contribution is 5.95. The molecule has 2 heterocycles. The third-order valence-corrected chi connectivity index (χ3v) is 3.13. The lowest BCUT2D eigenvalue weighted by molar-refractivity contribution is -0.117. The summed E-state index contributed by atoms with van der Waals surface area (Å²) < 4.78 is 13.2. The Hall–Kier alpha value is -2.21. The molecule has 3 N–H and O–H groups in total. The Labute approximate surface area is 109 Å². The zero-order chi connectivity index (χ0) is 13.4. The highest BCUT2D eigenvalue weighted by Crippen LogP contribution is 2.24. The molecule has 1 atom stereocenters.